The van der Waals surface area contributed by atoms with Crippen LogP contribution < -0.4 is 38.1 Å². The fraction of sp³-hybridized carbons (Fsp3) is 0.463. The number of aromatic hydroxyl groups is 1. The Hall–Kier alpha value is -6.06. The molecule has 20 heteroatoms. The molecule has 3 aliphatic heterocycles. The van der Waals surface area contributed by atoms with E-state index in [-0.39, 0.29) is 34.6 Å². The Kier molecular flexibility index (Phi) is 14.8. The van der Waals surface area contributed by atoms with E-state index in [4.69, 9.17) is 41.2 Å². The number of benzene rings is 2. The zero-order chi connectivity index (χ0) is 42.6. The minimum absolute atomic E-state index is 0.00543. The maximum Gasteiger partial charge on any atom is 0.256 e. The number of aromatic nitrogens is 4. The van der Waals surface area contributed by atoms with E-state index in [1.807, 2.05) is 14.5 Å². The van der Waals surface area contributed by atoms with E-state index in [0.717, 1.165) is 55.1 Å². The summed E-state index contributed by atoms with van der Waals surface area (Å²) >= 11 is 0. The van der Waals surface area contributed by atoms with Crippen molar-refractivity contribution >= 4 is 40.9 Å². The van der Waals surface area contributed by atoms with Crippen LogP contribution in [-0.4, -0.2) is 146 Å². The number of fused-ring (bicyclic) bond motifs is 2. The quantitative estimate of drug-likeness (QED) is 0.0363. The number of phenols is 1. The highest BCUT2D eigenvalue weighted by Gasteiger charge is 2.26. The molecule has 10 N–H and O–H groups in total. The molecule has 0 aliphatic carbocycles. The van der Waals surface area contributed by atoms with Crippen molar-refractivity contribution in [3.8, 4) is 17.0 Å². The third-order valence-electron chi connectivity index (χ3n) is 10.5. The van der Waals surface area contributed by atoms with E-state index in [1.54, 1.807) is 18.2 Å². The summed E-state index contributed by atoms with van der Waals surface area (Å²) in [6.45, 7) is 8.61. The molecule has 2 amide bonds. The van der Waals surface area contributed by atoms with Crippen LogP contribution in [0.2, 0.25) is 0 Å². The highest BCUT2D eigenvalue weighted by molar-refractivity contribution is 6.08. The lowest BCUT2D eigenvalue weighted by Crippen LogP contribution is -2.44. The number of nitrogen functional groups attached to an aromatic ring is 2. The SMILES string of the molecule is NC1=NCNc2c1c(-c1ccc(O)c(N)c1)nn2Cc1ccc2c(c1)CCN(C(=O)CCOCCOCCOCCOCCNC(=O)c1cnc(N3CCNCC3)nc1N)C2. The zero-order valence-corrected chi connectivity index (χ0v) is 34.2. The minimum atomic E-state index is -0.348. The van der Waals surface area contributed by atoms with Crippen LogP contribution in [0.1, 0.15) is 39.0 Å². The normalized spacial score (nSPS) is 14.9. The summed E-state index contributed by atoms with van der Waals surface area (Å²) in [5.41, 5.74) is 24.3. The molecular formula is C41H55N13O7. The summed E-state index contributed by atoms with van der Waals surface area (Å²) in [4.78, 5) is 42.4. The molecule has 5 heterocycles. The van der Waals surface area contributed by atoms with Gasteiger partial charge in [-0.05, 0) is 41.3 Å². The van der Waals surface area contributed by atoms with Gasteiger partial charge in [0.1, 0.15) is 35.6 Å². The Morgan fingerprint density at radius 3 is 2.34 bits per heavy atom. The molecule has 2 aromatic heterocycles. The number of hydrogen-bond donors (Lipinski definition) is 7. The number of nitrogens with two attached hydrogens (primary N) is 3. The average molecular weight is 842 g/mol. The number of rotatable bonds is 20. The number of nitrogens with zero attached hydrogens (tertiary/aromatic N) is 7. The number of ether oxygens (including phenoxy) is 4. The first-order valence-corrected chi connectivity index (χ1v) is 20.5. The number of amides is 2. The van der Waals surface area contributed by atoms with Gasteiger partial charge in [0.05, 0.1) is 82.6 Å². The molecule has 326 valence electrons. The summed E-state index contributed by atoms with van der Waals surface area (Å²) in [5.74, 6) is 1.55. The van der Waals surface area contributed by atoms with Gasteiger partial charge in [0.2, 0.25) is 11.9 Å². The van der Waals surface area contributed by atoms with Crippen molar-refractivity contribution in [1.82, 2.24) is 35.3 Å². The van der Waals surface area contributed by atoms with Crippen LogP contribution in [0.25, 0.3) is 11.3 Å². The Bertz CT molecular complexity index is 2180. The third kappa shape index (κ3) is 11.2. The van der Waals surface area contributed by atoms with Crippen LogP contribution >= 0.6 is 0 Å². The number of anilines is 4. The van der Waals surface area contributed by atoms with E-state index in [1.165, 1.54) is 11.8 Å². The predicted octanol–water partition coefficient (Wildman–Crippen LogP) is 0.528. The molecule has 3 aliphatic rings. The van der Waals surface area contributed by atoms with Crippen LogP contribution in [0.15, 0.2) is 47.6 Å². The molecule has 1 fully saturated rings. The number of aliphatic imine (C=N–C) groups is 1. The van der Waals surface area contributed by atoms with Crippen LogP contribution in [0.3, 0.4) is 0 Å². The molecule has 0 unspecified atom stereocenters. The Balaban J connectivity index is 0.723. The molecule has 4 aromatic rings. The second-order valence-corrected chi connectivity index (χ2v) is 14.7. The monoisotopic (exact) mass is 841 g/mol. The van der Waals surface area contributed by atoms with E-state index < -0.39 is 0 Å². The first kappa shape index (κ1) is 43.0. The summed E-state index contributed by atoms with van der Waals surface area (Å²) in [6.07, 6.45) is 2.51. The van der Waals surface area contributed by atoms with Crippen molar-refractivity contribution in [2.45, 2.75) is 25.9 Å². The fourth-order valence-corrected chi connectivity index (χ4v) is 7.26. The summed E-state index contributed by atoms with van der Waals surface area (Å²) < 4.78 is 24.2. The van der Waals surface area contributed by atoms with E-state index in [9.17, 15) is 14.7 Å². The van der Waals surface area contributed by atoms with Crippen LogP contribution in [0.5, 0.6) is 5.75 Å². The minimum Gasteiger partial charge on any atom is -0.506 e. The van der Waals surface area contributed by atoms with Gasteiger partial charge in [0.25, 0.3) is 5.91 Å². The van der Waals surface area contributed by atoms with E-state index >= 15 is 0 Å². The van der Waals surface area contributed by atoms with Crippen molar-refractivity contribution < 1.29 is 33.6 Å². The average Bonchev–Trinajstić information content (AvgIpc) is 3.64. The number of carbonyl (C=O) groups is 2. The molecular weight excluding hydrogens is 787 g/mol. The smallest absolute Gasteiger partial charge is 0.256 e. The summed E-state index contributed by atoms with van der Waals surface area (Å²) in [7, 11) is 0. The highest BCUT2D eigenvalue weighted by Crippen LogP contribution is 2.34. The van der Waals surface area contributed by atoms with Gasteiger partial charge in [-0.1, -0.05) is 18.2 Å². The Labute approximate surface area is 353 Å². The number of hydrogen-bond acceptors (Lipinski definition) is 17. The standard InChI is InChI=1S/C41H55N13O7/c42-32-22-29(3-4-33(32)55)36-35-38(44)48-26-49-39(35)54(51-36)24-27-1-2-30-25-53(10-5-28(30)21-27)34(56)6-13-58-15-17-60-19-20-61-18-16-59-14-9-46-40(57)31-23-47-41(50-37(31)43)52-11-7-45-8-12-52/h1-4,21-23,45,49,55H,5-20,24-26,42H2,(H2,44,48)(H,46,57)(H2,43,47,50). The van der Waals surface area contributed by atoms with Gasteiger partial charge in [0, 0.05) is 57.6 Å². The number of carbonyl (C=O) groups excluding carboxylic acids is 2. The fourth-order valence-electron chi connectivity index (χ4n) is 7.26. The van der Waals surface area contributed by atoms with Crippen molar-refractivity contribution in [1.29, 1.82) is 0 Å². The number of phenolic OH excluding ortho intramolecular Hbond substituents is 1. The van der Waals surface area contributed by atoms with Crippen molar-refractivity contribution in [2.75, 3.05) is 120 Å². The lowest BCUT2D eigenvalue weighted by Gasteiger charge is -2.29. The molecule has 0 atom stereocenters. The highest BCUT2D eigenvalue weighted by atomic mass is 16.6. The molecule has 61 heavy (non-hydrogen) atoms. The Morgan fingerprint density at radius 2 is 1.61 bits per heavy atom. The van der Waals surface area contributed by atoms with Crippen molar-refractivity contribution in [2.24, 2.45) is 10.7 Å². The van der Waals surface area contributed by atoms with Gasteiger partial charge >= 0.3 is 0 Å². The molecule has 7 rings (SSSR count). The summed E-state index contributed by atoms with van der Waals surface area (Å²) in [5, 5.41) is 24.2. The van der Waals surface area contributed by atoms with Gasteiger partial charge in [0.15, 0.2) is 0 Å². The molecule has 0 radical (unpaired) electrons. The van der Waals surface area contributed by atoms with Gasteiger partial charge in [-0.25, -0.2) is 14.7 Å². The van der Waals surface area contributed by atoms with Crippen LogP contribution in [0, 0.1) is 0 Å². The van der Waals surface area contributed by atoms with Gasteiger partial charge in [-0.3, -0.25) is 9.59 Å². The molecule has 0 spiro atoms. The van der Waals surface area contributed by atoms with Crippen LogP contribution in [-0.2, 0) is 43.3 Å². The zero-order valence-electron chi connectivity index (χ0n) is 34.2. The van der Waals surface area contributed by atoms with Crippen molar-refractivity contribution in [3.63, 3.8) is 0 Å². The third-order valence-corrected chi connectivity index (χ3v) is 10.5. The first-order chi connectivity index (χ1) is 29.7. The largest absolute Gasteiger partial charge is 0.506 e. The Morgan fingerprint density at radius 1 is 0.869 bits per heavy atom. The van der Waals surface area contributed by atoms with Crippen molar-refractivity contribution in [3.05, 3.63) is 70.4 Å². The van der Waals surface area contributed by atoms with Gasteiger partial charge < -0.3 is 67.0 Å². The van der Waals surface area contributed by atoms with E-state index in [2.05, 4.69) is 49.1 Å². The molecule has 0 saturated carbocycles. The van der Waals surface area contributed by atoms with Gasteiger partial charge in [-0.15, -0.1) is 0 Å². The second kappa shape index (κ2) is 21.0. The first-order valence-electron chi connectivity index (χ1n) is 20.5. The number of amidine groups is 1. The van der Waals surface area contributed by atoms with Gasteiger partial charge in [-0.2, -0.15) is 10.1 Å². The summed E-state index contributed by atoms with van der Waals surface area (Å²) in [6, 6.07) is 11.3. The van der Waals surface area contributed by atoms with Crippen LogP contribution in [0.4, 0.5) is 23.3 Å². The molecule has 2 aromatic carbocycles. The predicted molar refractivity (Wildman–Crippen MR) is 229 cm³/mol. The maximum atomic E-state index is 13.0. The molecule has 20 nitrogen and oxygen atoms in total. The molecule has 0 bridgehead atoms. The van der Waals surface area contributed by atoms with E-state index in [0.29, 0.717) is 115 Å². The lowest BCUT2D eigenvalue weighted by atomic mass is 9.97. The lowest BCUT2D eigenvalue weighted by molar-refractivity contribution is -0.133. The topological polar surface area (TPSA) is 268 Å². The molecule has 1 saturated heterocycles. The maximum absolute atomic E-state index is 13.0. The second-order valence-electron chi connectivity index (χ2n) is 14.7. The number of piperazine rings is 1. The number of nitrogens with one attached hydrogen (secondary N) is 3.